The highest BCUT2D eigenvalue weighted by molar-refractivity contribution is 5.67. The van der Waals surface area contributed by atoms with Crippen LogP contribution in [0.5, 0.6) is 0 Å². The Hall–Kier alpha value is -7.02. The zero-order valence-electron chi connectivity index (χ0n) is 63.0. The summed E-state index contributed by atoms with van der Waals surface area (Å²) in [5, 5.41) is 0. The van der Waals surface area contributed by atoms with Crippen LogP contribution < -0.4 is 0 Å². The molecule has 0 aromatic heterocycles. The Kier molecular flexibility index (Phi) is 92.2. The maximum atomic E-state index is 2.20. The van der Waals surface area contributed by atoms with Gasteiger partial charge in [0.15, 0.2) is 0 Å². The molecule has 0 aliphatic heterocycles. The molecule has 0 spiro atoms. The molecule has 0 saturated carbocycles. The average molecular weight is 1180 g/mol. The zero-order valence-corrected chi connectivity index (χ0v) is 63.0. The van der Waals surface area contributed by atoms with E-state index in [0.29, 0.717) is 0 Å². The molecule has 87 heavy (non-hydrogen) atoms. The van der Waals surface area contributed by atoms with Gasteiger partial charge in [0.25, 0.3) is 0 Å². The van der Waals surface area contributed by atoms with E-state index in [0.717, 1.165) is 0 Å². The molecule has 0 nitrogen and oxygen atoms in total. The van der Waals surface area contributed by atoms with Crippen LogP contribution in [0.2, 0.25) is 0 Å². The van der Waals surface area contributed by atoms with Gasteiger partial charge in [0.1, 0.15) is 0 Å². The first kappa shape index (κ1) is 99.0. The molecule has 0 saturated heterocycles. The van der Waals surface area contributed by atoms with Gasteiger partial charge in [0, 0.05) is 0 Å². The molecule has 0 unspecified atom stereocenters. The molecule has 0 aliphatic rings. The Morgan fingerprint density at radius 2 is 0.356 bits per heavy atom. The first-order valence-electron chi connectivity index (χ1n) is 33.9. The van der Waals surface area contributed by atoms with E-state index in [1.165, 1.54) is 83.5 Å². The van der Waals surface area contributed by atoms with E-state index >= 15 is 0 Å². The van der Waals surface area contributed by atoms with E-state index in [1.54, 1.807) is 0 Å². The number of benzene rings is 9. The van der Waals surface area contributed by atoms with E-state index in [9.17, 15) is 0 Å². The maximum absolute atomic E-state index is 2.20. The van der Waals surface area contributed by atoms with Crippen molar-refractivity contribution < 1.29 is 0 Å². The van der Waals surface area contributed by atoms with Crippen LogP contribution >= 0.6 is 0 Å². The monoisotopic (exact) mass is 1180 g/mol. The van der Waals surface area contributed by atoms with E-state index in [-0.39, 0.29) is 0 Å². The Morgan fingerprint density at radius 1 is 0.138 bits per heavy atom. The van der Waals surface area contributed by atoms with Crippen molar-refractivity contribution in [1.29, 1.82) is 0 Å². The predicted octanol–water partition coefficient (Wildman–Crippen LogP) is 30.2. The lowest BCUT2D eigenvalue weighted by atomic mass is 10.0. The number of hydrogen-bond donors (Lipinski definition) is 0. The van der Waals surface area contributed by atoms with Crippen molar-refractivity contribution in [2.45, 2.75) is 228 Å². The predicted molar refractivity (Wildman–Crippen MR) is 414 cm³/mol. The van der Waals surface area contributed by atoms with Gasteiger partial charge in [-0.3, -0.25) is 0 Å². The summed E-state index contributed by atoms with van der Waals surface area (Å²) in [6.45, 7) is 67.0. The zero-order chi connectivity index (χ0) is 69.2. The third-order valence-corrected chi connectivity index (χ3v) is 10.3. The third kappa shape index (κ3) is 56.5. The van der Waals surface area contributed by atoms with Crippen LogP contribution in [0, 0.1) is 62.3 Å². The van der Waals surface area contributed by atoms with Gasteiger partial charge in [0.05, 0.1) is 0 Å². The van der Waals surface area contributed by atoms with Gasteiger partial charge in [0.2, 0.25) is 0 Å². The van der Waals surface area contributed by atoms with Crippen molar-refractivity contribution in [2.24, 2.45) is 0 Å². The minimum absolute atomic E-state index is 1.28. The van der Waals surface area contributed by atoms with Gasteiger partial charge in [-0.1, -0.05) is 436 Å². The van der Waals surface area contributed by atoms with Crippen LogP contribution in [0.3, 0.4) is 0 Å². The smallest absolute Gasteiger partial charge is 0.0155 e. The van der Waals surface area contributed by atoms with Crippen LogP contribution in [0.4, 0.5) is 0 Å². The molecule has 9 aromatic carbocycles. The topological polar surface area (TPSA) is 0 Å². The number of rotatable bonds is 3. The molecular formula is C87H138. The summed E-state index contributed by atoms with van der Waals surface area (Å²) < 4.78 is 0. The van der Waals surface area contributed by atoms with Crippen molar-refractivity contribution in [3.05, 3.63) is 287 Å². The SMILES string of the molecule is CC.CC.CC.CC.CC.CC.CC.CC.CC.CC.CC.CC.Cc1ccc(-c2ccccc2)cc1.Cc1ccc(C)cc1.Cc1cccc(-c2ccccc2)c1.Cc1cccc(C)c1.Cc1ccccc1-c1ccccc1.Cc1ccccc1C. The Balaban J connectivity index is -0.000000113. The lowest BCUT2D eigenvalue weighted by Gasteiger charge is -2.04. The van der Waals surface area contributed by atoms with Crippen LogP contribution in [0.25, 0.3) is 33.4 Å². The van der Waals surface area contributed by atoms with Gasteiger partial charge in [-0.2, -0.15) is 0 Å². The molecule has 0 radical (unpaired) electrons. The minimum atomic E-state index is 1.28. The van der Waals surface area contributed by atoms with Crippen LogP contribution in [-0.2, 0) is 0 Å². The molecule has 0 bridgehead atoms. The summed E-state index contributed by atoms with van der Waals surface area (Å²) in [4.78, 5) is 0. The molecule has 0 heterocycles. The average Bonchev–Trinajstić information content (AvgIpc) is 3.74. The summed E-state index contributed by atoms with van der Waals surface area (Å²) in [6, 6.07) is 82.2. The molecule has 0 heteroatoms. The van der Waals surface area contributed by atoms with Crippen molar-refractivity contribution in [1.82, 2.24) is 0 Å². The van der Waals surface area contributed by atoms with Gasteiger partial charge < -0.3 is 0 Å². The molecule has 0 fully saturated rings. The summed E-state index contributed by atoms with van der Waals surface area (Å²) in [5.41, 5.74) is 19.8. The normalized spacial score (nSPS) is 7.83. The summed E-state index contributed by atoms with van der Waals surface area (Å²) >= 11 is 0. The lowest BCUT2D eigenvalue weighted by Crippen LogP contribution is -1.80. The summed E-state index contributed by atoms with van der Waals surface area (Å²) in [7, 11) is 0. The maximum Gasteiger partial charge on any atom is -0.0155 e. The minimum Gasteiger partial charge on any atom is -0.0683 e. The van der Waals surface area contributed by atoms with E-state index in [1.807, 2.05) is 184 Å². The van der Waals surface area contributed by atoms with Gasteiger partial charge in [-0.05, 0) is 112 Å². The molecule has 0 aliphatic carbocycles. The first-order valence-corrected chi connectivity index (χ1v) is 33.9. The fourth-order valence-electron chi connectivity index (χ4n) is 6.45. The number of aryl methyl sites for hydroxylation is 9. The molecular weight excluding hydrogens is 1040 g/mol. The third-order valence-electron chi connectivity index (χ3n) is 10.3. The molecule has 486 valence electrons. The van der Waals surface area contributed by atoms with Crippen LogP contribution in [-0.4, -0.2) is 0 Å². The first-order chi connectivity index (χ1) is 42.5. The molecule has 0 N–H and O–H groups in total. The largest absolute Gasteiger partial charge is 0.0683 e. The van der Waals surface area contributed by atoms with Gasteiger partial charge in [-0.25, -0.2) is 0 Å². The van der Waals surface area contributed by atoms with Crippen LogP contribution in [0.1, 0.15) is 216 Å². The highest BCUT2D eigenvalue weighted by atomic mass is 14.0. The van der Waals surface area contributed by atoms with Crippen molar-refractivity contribution in [2.75, 3.05) is 0 Å². The van der Waals surface area contributed by atoms with Crippen molar-refractivity contribution in [3.63, 3.8) is 0 Å². The highest BCUT2D eigenvalue weighted by Gasteiger charge is 1.98. The quantitative estimate of drug-likeness (QED) is 0.165. The molecule has 9 aromatic rings. The summed E-state index contributed by atoms with van der Waals surface area (Å²) in [5.74, 6) is 0. The van der Waals surface area contributed by atoms with E-state index in [4.69, 9.17) is 0 Å². The molecule has 0 amide bonds. The Bertz CT molecular complexity index is 2540. The van der Waals surface area contributed by atoms with Crippen molar-refractivity contribution in [3.8, 4) is 33.4 Å². The summed E-state index contributed by atoms with van der Waals surface area (Å²) in [6.07, 6.45) is 0. The fraction of sp³-hybridized carbons (Fsp3) is 0.379. The standard InChI is InChI=1S/3C13H12.3C8H10.12C2H6/c1-11-7-5-6-10-13(11)12-8-3-2-4-9-12;1-11-6-5-9-13(10-11)12-7-3-2-4-8-12;1-11-7-9-13(10-8-11)12-5-3-2-4-6-12;1-7-3-5-8(2)6-4-7;1-7-4-3-5-8(2)6-7;1-7-5-3-4-6-8(7)2;12*1-2/h3*2-10H,1H3;3*3-6H,1-2H3;12*1-2H3. The Labute approximate surface area is 545 Å². The van der Waals surface area contributed by atoms with E-state index < -0.39 is 0 Å². The Morgan fingerprint density at radius 3 is 0.632 bits per heavy atom. The van der Waals surface area contributed by atoms with E-state index in [2.05, 4.69) is 281 Å². The second-order valence-corrected chi connectivity index (χ2v) is 16.0. The molecule has 0 atom stereocenters. The highest BCUT2D eigenvalue weighted by Crippen LogP contribution is 2.23. The van der Waals surface area contributed by atoms with Crippen molar-refractivity contribution >= 4 is 0 Å². The second kappa shape index (κ2) is 81.0. The van der Waals surface area contributed by atoms with Crippen LogP contribution in [0.15, 0.2) is 237 Å². The molecule has 9 rings (SSSR count). The van der Waals surface area contributed by atoms with Gasteiger partial charge in [-0.15, -0.1) is 0 Å². The lowest BCUT2D eigenvalue weighted by molar-refractivity contribution is 1.34. The fourth-order valence-corrected chi connectivity index (χ4v) is 6.45. The second-order valence-electron chi connectivity index (χ2n) is 16.0. The number of hydrogen-bond acceptors (Lipinski definition) is 0. The van der Waals surface area contributed by atoms with Gasteiger partial charge >= 0.3 is 0 Å².